The van der Waals surface area contributed by atoms with E-state index in [4.69, 9.17) is 27.8 Å². The summed E-state index contributed by atoms with van der Waals surface area (Å²) in [5.41, 5.74) is 13.0. The summed E-state index contributed by atoms with van der Waals surface area (Å²) in [7, 11) is 1.64. The minimum atomic E-state index is -0.0338. The molecule has 0 heterocycles. The SMILES string of the molecule is COc1ccc(Cl)cc1C(N)C1CC(N)C1. The van der Waals surface area contributed by atoms with Crippen LogP contribution in [0.3, 0.4) is 0 Å². The molecule has 0 aromatic heterocycles. The number of halogens is 1. The predicted molar refractivity (Wildman–Crippen MR) is 65.6 cm³/mol. The lowest BCUT2D eigenvalue weighted by Crippen LogP contribution is -2.41. The maximum atomic E-state index is 6.21. The van der Waals surface area contributed by atoms with E-state index in [0.29, 0.717) is 17.0 Å². The fourth-order valence-corrected chi connectivity index (χ4v) is 2.40. The van der Waals surface area contributed by atoms with Gasteiger partial charge in [-0.25, -0.2) is 0 Å². The van der Waals surface area contributed by atoms with Crippen LogP contribution in [0.15, 0.2) is 18.2 Å². The van der Waals surface area contributed by atoms with Gasteiger partial charge in [0.2, 0.25) is 0 Å². The Kier molecular flexibility index (Phi) is 3.38. The van der Waals surface area contributed by atoms with E-state index in [-0.39, 0.29) is 6.04 Å². The van der Waals surface area contributed by atoms with Gasteiger partial charge < -0.3 is 16.2 Å². The van der Waals surface area contributed by atoms with Gasteiger partial charge in [0.05, 0.1) is 7.11 Å². The first-order valence-electron chi connectivity index (χ1n) is 5.46. The zero-order valence-corrected chi connectivity index (χ0v) is 10.1. The maximum absolute atomic E-state index is 6.21. The van der Waals surface area contributed by atoms with Crippen LogP contribution in [-0.4, -0.2) is 13.2 Å². The molecule has 1 aromatic rings. The minimum absolute atomic E-state index is 0.0338. The van der Waals surface area contributed by atoms with Crippen molar-refractivity contribution in [1.82, 2.24) is 0 Å². The second-order valence-corrected chi connectivity index (χ2v) is 4.84. The van der Waals surface area contributed by atoms with E-state index < -0.39 is 0 Å². The number of nitrogens with two attached hydrogens (primary N) is 2. The van der Waals surface area contributed by atoms with Crippen LogP contribution in [0, 0.1) is 5.92 Å². The van der Waals surface area contributed by atoms with Gasteiger partial charge >= 0.3 is 0 Å². The second kappa shape index (κ2) is 4.62. The van der Waals surface area contributed by atoms with E-state index >= 15 is 0 Å². The molecule has 0 bridgehead atoms. The van der Waals surface area contributed by atoms with E-state index in [9.17, 15) is 0 Å². The highest BCUT2D eigenvalue weighted by Crippen LogP contribution is 2.39. The largest absolute Gasteiger partial charge is 0.496 e. The Labute approximate surface area is 101 Å². The third-order valence-corrected chi connectivity index (χ3v) is 3.50. The van der Waals surface area contributed by atoms with Gasteiger partial charge in [-0.05, 0) is 37.0 Å². The molecule has 0 amide bonds. The summed E-state index contributed by atoms with van der Waals surface area (Å²) in [4.78, 5) is 0. The zero-order chi connectivity index (χ0) is 11.7. The molecule has 1 aliphatic rings. The molecule has 3 nitrogen and oxygen atoms in total. The van der Waals surface area contributed by atoms with Gasteiger partial charge in [-0.15, -0.1) is 0 Å². The Morgan fingerprint density at radius 1 is 1.44 bits per heavy atom. The van der Waals surface area contributed by atoms with Crippen LogP contribution in [-0.2, 0) is 0 Å². The molecule has 1 fully saturated rings. The number of ether oxygens (including phenoxy) is 1. The Hall–Kier alpha value is -0.770. The molecule has 0 spiro atoms. The smallest absolute Gasteiger partial charge is 0.123 e. The van der Waals surface area contributed by atoms with E-state index in [0.717, 1.165) is 24.2 Å². The van der Waals surface area contributed by atoms with Crippen LogP contribution in [0.4, 0.5) is 0 Å². The number of hydrogen-bond donors (Lipinski definition) is 2. The summed E-state index contributed by atoms with van der Waals surface area (Å²) < 4.78 is 5.30. The van der Waals surface area contributed by atoms with Crippen molar-refractivity contribution in [3.8, 4) is 5.75 Å². The van der Waals surface area contributed by atoms with Gasteiger partial charge in [-0.2, -0.15) is 0 Å². The molecule has 4 N–H and O–H groups in total. The Morgan fingerprint density at radius 2 is 2.12 bits per heavy atom. The predicted octanol–water partition coefficient (Wildman–Crippen LogP) is 2.09. The van der Waals surface area contributed by atoms with Crippen molar-refractivity contribution in [2.75, 3.05) is 7.11 Å². The number of benzene rings is 1. The summed E-state index contributed by atoms with van der Waals surface area (Å²) in [6.07, 6.45) is 1.97. The molecule has 16 heavy (non-hydrogen) atoms. The summed E-state index contributed by atoms with van der Waals surface area (Å²) in [6, 6.07) is 5.82. The minimum Gasteiger partial charge on any atom is -0.496 e. The second-order valence-electron chi connectivity index (χ2n) is 4.40. The zero-order valence-electron chi connectivity index (χ0n) is 9.32. The highest BCUT2D eigenvalue weighted by Gasteiger charge is 2.32. The molecule has 1 unspecified atom stereocenters. The third kappa shape index (κ3) is 2.17. The molecule has 1 atom stereocenters. The van der Waals surface area contributed by atoms with E-state index in [2.05, 4.69) is 0 Å². The summed E-state index contributed by atoms with van der Waals surface area (Å²) in [5.74, 6) is 1.25. The van der Waals surface area contributed by atoms with Crippen molar-refractivity contribution in [2.45, 2.75) is 24.9 Å². The van der Waals surface area contributed by atoms with Gasteiger partial charge in [0.15, 0.2) is 0 Å². The molecular weight excluding hydrogens is 224 g/mol. The molecule has 1 aliphatic carbocycles. The molecule has 88 valence electrons. The Bertz CT molecular complexity index is 377. The summed E-state index contributed by atoms with van der Waals surface area (Å²) in [5, 5.41) is 0.690. The number of methoxy groups -OCH3 is 1. The van der Waals surface area contributed by atoms with Gasteiger partial charge in [-0.1, -0.05) is 11.6 Å². The van der Waals surface area contributed by atoms with E-state index in [1.165, 1.54) is 0 Å². The molecule has 4 heteroatoms. The van der Waals surface area contributed by atoms with Crippen molar-refractivity contribution < 1.29 is 4.74 Å². The van der Waals surface area contributed by atoms with Crippen molar-refractivity contribution >= 4 is 11.6 Å². The van der Waals surface area contributed by atoms with Crippen LogP contribution in [0.1, 0.15) is 24.4 Å². The quantitative estimate of drug-likeness (QED) is 0.851. The summed E-state index contributed by atoms with van der Waals surface area (Å²) >= 11 is 5.98. The van der Waals surface area contributed by atoms with E-state index in [1.54, 1.807) is 7.11 Å². The first-order valence-corrected chi connectivity index (χ1v) is 5.84. The average Bonchev–Trinajstić information content (AvgIpc) is 2.24. The number of hydrogen-bond acceptors (Lipinski definition) is 3. The molecule has 1 saturated carbocycles. The summed E-state index contributed by atoms with van der Waals surface area (Å²) in [6.45, 7) is 0. The highest BCUT2D eigenvalue weighted by molar-refractivity contribution is 6.30. The van der Waals surface area contributed by atoms with Crippen molar-refractivity contribution in [3.05, 3.63) is 28.8 Å². The van der Waals surface area contributed by atoms with Crippen molar-refractivity contribution in [1.29, 1.82) is 0 Å². The van der Waals surface area contributed by atoms with Crippen LogP contribution in [0.5, 0.6) is 5.75 Å². The number of rotatable bonds is 3. The molecule has 0 aliphatic heterocycles. The van der Waals surface area contributed by atoms with Crippen LogP contribution in [0.25, 0.3) is 0 Å². The van der Waals surface area contributed by atoms with Gasteiger partial charge in [-0.3, -0.25) is 0 Å². The highest BCUT2D eigenvalue weighted by atomic mass is 35.5. The molecule has 0 radical (unpaired) electrons. The molecule has 1 aromatic carbocycles. The fourth-order valence-electron chi connectivity index (χ4n) is 2.22. The van der Waals surface area contributed by atoms with Crippen molar-refractivity contribution in [2.24, 2.45) is 17.4 Å². The standard InChI is InChI=1S/C12H17ClN2O/c1-16-11-3-2-8(13)6-10(11)12(15)7-4-9(14)5-7/h2-3,6-7,9,12H,4-5,14-15H2,1H3. The van der Waals surface area contributed by atoms with Crippen LogP contribution >= 0.6 is 11.6 Å². The monoisotopic (exact) mass is 240 g/mol. The van der Waals surface area contributed by atoms with Crippen molar-refractivity contribution in [3.63, 3.8) is 0 Å². The lowest BCUT2D eigenvalue weighted by atomic mass is 9.74. The Morgan fingerprint density at radius 3 is 2.69 bits per heavy atom. The van der Waals surface area contributed by atoms with Crippen LogP contribution in [0.2, 0.25) is 5.02 Å². The first kappa shape index (κ1) is 11.7. The van der Waals surface area contributed by atoms with Gasteiger partial charge in [0, 0.05) is 22.7 Å². The van der Waals surface area contributed by atoms with Crippen LogP contribution < -0.4 is 16.2 Å². The molecule has 2 rings (SSSR count). The third-order valence-electron chi connectivity index (χ3n) is 3.27. The molecule has 0 saturated heterocycles. The fraction of sp³-hybridized carbons (Fsp3) is 0.500. The molecular formula is C12H17ClN2O. The lowest BCUT2D eigenvalue weighted by Gasteiger charge is -2.37. The van der Waals surface area contributed by atoms with Gasteiger partial charge in [0.1, 0.15) is 5.75 Å². The van der Waals surface area contributed by atoms with E-state index in [1.807, 2.05) is 18.2 Å². The topological polar surface area (TPSA) is 61.3 Å². The maximum Gasteiger partial charge on any atom is 0.123 e. The van der Waals surface area contributed by atoms with Gasteiger partial charge in [0.25, 0.3) is 0 Å². The Balaban J connectivity index is 2.21. The average molecular weight is 241 g/mol. The normalized spacial score (nSPS) is 26.0. The first-order chi connectivity index (χ1) is 7.61. The lowest BCUT2D eigenvalue weighted by molar-refractivity contribution is 0.221.